The lowest BCUT2D eigenvalue weighted by atomic mass is 9.80. The van der Waals surface area contributed by atoms with Crippen LogP contribution in [0.15, 0.2) is 97.2 Å². The minimum Gasteiger partial charge on any atom is -0.486 e. The molecule has 3 aromatic carbocycles. The van der Waals surface area contributed by atoms with Crippen molar-refractivity contribution in [3.8, 4) is 22.8 Å². The topological polar surface area (TPSA) is 66.3 Å². The summed E-state index contributed by atoms with van der Waals surface area (Å²) in [6.45, 7) is 0. The number of hydrogen-bond donors (Lipinski definition) is 1. The molecule has 0 saturated carbocycles. The molecule has 4 heteroatoms. The third-order valence-corrected chi connectivity index (χ3v) is 6.28. The molecule has 1 aromatic heterocycles. The summed E-state index contributed by atoms with van der Waals surface area (Å²) >= 11 is 0. The van der Waals surface area contributed by atoms with Crippen LogP contribution in [0.4, 0.5) is 0 Å². The Morgan fingerprint density at radius 2 is 1.42 bits per heavy atom. The molecular weight excluding hydrogens is 408 g/mol. The van der Waals surface area contributed by atoms with Crippen molar-refractivity contribution in [1.29, 1.82) is 0 Å². The molecule has 4 aromatic rings. The first-order valence-corrected chi connectivity index (χ1v) is 11.1. The molecule has 0 spiro atoms. The SMILES string of the molecule is COc1ncccc1-c1cccc2c1CCC(Cc1ccccc1)(Cc1ccccc1)O2.N. The Morgan fingerprint density at radius 3 is 2.06 bits per heavy atom. The largest absolute Gasteiger partial charge is 0.486 e. The number of methoxy groups -OCH3 is 1. The van der Waals surface area contributed by atoms with Crippen LogP contribution >= 0.6 is 0 Å². The zero-order valence-electron chi connectivity index (χ0n) is 19.0. The van der Waals surface area contributed by atoms with Crippen LogP contribution in [0.2, 0.25) is 0 Å². The second-order valence-electron chi connectivity index (χ2n) is 8.45. The minimum absolute atomic E-state index is 0. The van der Waals surface area contributed by atoms with Crippen LogP contribution in [0, 0.1) is 0 Å². The van der Waals surface area contributed by atoms with Gasteiger partial charge in [0.15, 0.2) is 0 Å². The molecule has 5 rings (SSSR count). The van der Waals surface area contributed by atoms with Crippen molar-refractivity contribution in [1.82, 2.24) is 11.1 Å². The number of nitrogens with zero attached hydrogens (tertiary/aromatic N) is 1. The average Bonchev–Trinajstić information content (AvgIpc) is 2.84. The van der Waals surface area contributed by atoms with Crippen LogP contribution in [0.5, 0.6) is 11.6 Å². The molecule has 1 aliphatic heterocycles. The highest BCUT2D eigenvalue weighted by Gasteiger charge is 2.37. The van der Waals surface area contributed by atoms with Gasteiger partial charge in [0.05, 0.1) is 7.11 Å². The minimum atomic E-state index is -0.284. The number of aromatic nitrogens is 1. The summed E-state index contributed by atoms with van der Waals surface area (Å²) in [6.07, 6.45) is 5.41. The van der Waals surface area contributed by atoms with Gasteiger partial charge in [0.1, 0.15) is 11.4 Å². The lowest BCUT2D eigenvalue weighted by molar-refractivity contribution is 0.0466. The van der Waals surface area contributed by atoms with Gasteiger partial charge in [-0.1, -0.05) is 72.8 Å². The second kappa shape index (κ2) is 9.88. The molecule has 0 saturated heterocycles. The molecular formula is C29H30N2O2. The molecule has 0 unspecified atom stereocenters. The maximum absolute atomic E-state index is 6.90. The molecule has 2 heterocycles. The van der Waals surface area contributed by atoms with Crippen LogP contribution in [-0.4, -0.2) is 17.7 Å². The average molecular weight is 439 g/mol. The Kier molecular flexibility index (Phi) is 6.76. The summed E-state index contributed by atoms with van der Waals surface area (Å²) in [5.74, 6) is 1.61. The summed E-state index contributed by atoms with van der Waals surface area (Å²) < 4.78 is 12.4. The third-order valence-electron chi connectivity index (χ3n) is 6.28. The fourth-order valence-corrected chi connectivity index (χ4v) is 4.81. The highest BCUT2D eigenvalue weighted by Crippen LogP contribution is 2.43. The summed E-state index contributed by atoms with van der Waals surface area (Å²) in [5, 5.41) is 0. The van der Waals surface area contributed by atoms with E-state index in [1.807, 2.05) is 6.07 Å². The predicted octanol–water partition coefficient (Wildman–Crippen LogP) is 6.47. The van der Waals surface area contributed by atoms with Gasteiger partial charge < -0.3 is 15.6 Å². The third kappa shape index (κ3) is 4.76. The number of rotatable bonds is 6. The van der Waals surface area contributed by atoms with Gasteiger partial charge in [-0.05, 0) is 47.7 Å². The van der Waals surface area contributed by atoms with Crippen molar-refractivity contribution in [2.24, 2.45) is 0 Å². The van der Waals surface area contributed by atoms with Gasteiger partial charge in [-0.25, -0.2) is 4.98 Å². The summed E-state index contributed by atoms with van der Waals surface area (Å²) in [6, 6.07) is 31.7. The Labute approximate surface area is 195 Å². The first-order valence-electron chi connectivity index (χ1n) is 11.1. The van der Waals surface area contributed by atoms with Crippen LogP contribution in [0.25, 0.3) is 11.1 Å². The van der Waals surface area contributed by atoms with Crippen molar-refractivity contribution in [2.75, 3.05) is 7.11 Å². The summed E-state index contributed by atoms with van der Waals surface area (Å²) in [5.41, 5.74) is 5.70. The van der Waals surface area contributed by atoms with E-state index in [-0.39, 0.29) is 11.8 Å². The lowest BCUT2D eigenvalue weighted by Crippen LogP contribution is -2.44. The standard InChI is InChI=1S/C29H27NO2.H3N/c1-31-28-26(15-9-19-30-28)24-14-8-16-27-25(24)17-18-29(32-27,20-22-10-4-2-5-11-22)21-23-12-6-3-7-13-23;/h2-16,19H,17-18,20-21H2,1H3;1H3. The van der Waals surface area contributed by atoms with Crippen LogP contribution in [-0.2, 0) is 19.3 Å². The van der Waals surface area contributed by atoms with Gasteiger partial charge in [0.2, 0.25) is 5.88 Å². The smallest absolute Gasteiger partial charge is 0.221 e. The predicted molar refractivity (Wildman–Crippen MR) is 133 cm³/mol. The normalized spacial score (nSPS) is 13.8. The Morgan fingerprint density at radius 1 is 0.788 bits per heavy atom. The fraction of sp³-hybridized carbons (Fsp3) is 0.207. The molecule has 0 aliphatic carbocycles. The molecule has 0 amide bonds. The molecule has 0 atom stereocenters. The van der Waals surface area contributed by atoms with E-state index in [9.17, 15) is 0 Å². The van der Waals surface area contributed by atoms with E-state index < -0.39 is 0 Å². The number of ether oxygens (including phenoxy) is 2. The highest BCUT2D eigenvalue weighted by atomic mass is 16.5. The van der Waals surface area contributed by atoms with Crippen molar-refractivity contribution >= 4 is 0 Å². The fourth-order valence-electron chi connectivity index (χ4n) is 4.81. The van der Waals surface area contributed by atoms with Gasteiger partial charge in [0.25, 0.3) is 0 Å². The maximum atomic E-state index is 6.90. The van der Waals surface area contributed by atoms with Crippen molar-refractivity contribution in [3.05, 3.63) is 114 Å². The molecule has 3 N–H and O–H groups in total. The Hall–Kier alpha value is -3.63. The van der Waals surface area contributed by atoms with E-state index in [0.717, 1.165) is 42.6 Å². The zero-order valence-corrected chi connectivity index (χ0v) is 19.0. The quantitative estimate of drug-likeness (QED) is 0.375. The monoisotopic (exact) mass is 438 g/mol. The molecule has 4 nitrogen and oxygen atoms in total. The van der Waals surface area contributed by atoms with Crippen LogP contribution < -0.4 is 15.6 Å². The van der Waals surface area contributed by atoms with Crippen molar-refractivity contribution < 1.29 is 9.47 Å². The van der Waals surface area contributed by atoms with Gasteiger partial charge in [0, 0.05) is 30.2 Å². The molecule has 33 heavy (non-hydrogen) atoms. The van der Waals surface area contributed by atoms with E-state index in [4.69, 9.17) is 9.47 Å². The second-order valence-corrected chi connectivity index (χ2v) is 8.45. The van der Waals surface area contributed by atoms with E-state index in [0.29, 0.717) is 5.88 Å². The molecule has 0 fully saturated rings. The Balaban J connectivity index is 0.00000259. The number of fused-ring (bicyclic) bond motifs is 1. The van der Waals surface area contributed by atoms with E-state index in [1.54, 1.807) is 13.3 Å². The number of benzene rings is 3. The molecule has 0 bridgehead atoms. The first kappa shape index (κ1) is 22.6. The number of hydrogen-bond acceptors (Lipinski definition) is 4. The van der Waals surface area contributed by atoms with Crippen LogP contribution in [0.3, 0.4) is 0 Å². The first-order chi connectivity index (χ1) is 15.8. The van der Waals surface area contributed by atoms with Gasteiger partial charge in [-0.2, -0.15) is 0 Å². The zero-order chi connectivity index (χ0) is 21.8. The summed E-state index contributed by atoms with van der Waals surface area (Å²) in [4.78, 5) is 4.40. The summed E-state index contributed by atoms with van der Waals surface area (Å²) in [7, 11) is 1.67. The van der Waals surface area contributed by atoms with Crippen molar-refractivity contribution in [3.63, 3.8) is 0 Å². The lowest BCUT2D eigenvalue weighted by Gasteiger charge is -2.40. The van der Waals surface area contributed by atoms with Crippen molar-refractivity contribution in [2.45, 2.75) is 31.3 Å². The van der Waals surface area contributed by atoms with Gasteiger partial charge in [-0.15, -0.1) is 0 Å². The molecule has 1 aliphatic rings. The van der Waals surface area contributed by atoms with E-state index in [2.05, 4.69) is 89.9 Å². The van der Waals surface area contributed by atoms with Gasteiger partial charge in [-0.3, -0.25) is 0 Å². The van der Waals surface area contributed by atoms with Crippen LogP contribution in [0.1, 0.15) is 23.1 Å². The number of pyridine rings is 1. The molecule has 168 valence electrons. The highest BCUT2D eigenvalue weighted by molar-refractivity contribution is 5.74. The van der Waals surface area contributed by atoms with E-state index in [1.165, 1.54) is 16.7 Å². The van der Waals surface area contributed by atoms with Gasteiger partial charge >= 0.3 is 0 Å². The Bertz CT molecular complexity index is 1150. The van der Waals surface area contributed by atoms with E-state index >= 15 is 0 Å². The maximum Gasteiger partial charge on any atom is 0.221 e. The molecule has 0 radical (unpaired) electrons.